The third kappa shape index (κ3) is 13.4. The molecular weight excluding hydrogens is 999 g/mol. The number of hydrogen-bond acceptors (Lipinski definition) is 14. The molecule has 0 unspecified atom stereocenters. The summed E-state index contributed by atoms with van der Waals surface area (Å²) < 4.78 is 0. The van der Waals surface area contributed by atoms with E-state index >= 15 is 0 Å². The number of rotatable bonds is 19. The Kier molecular flexibility index (Phi) is 16.9. The molecule has 2 aromatic heterocycles. The molecule has 6 atom stereocenters. The molecule has 4 saturated heterocycles. The number of carbonyl (C=O) groups is 5. The highest BCUT2D eigenvalue weighted by Crippen LogP contribution is 2.45. The number of aliphatic hydroxyl groups excluding tert-OH is 1. The Hall–Kier alpha value is -5.47. The Morgan fingerprint density at radius 2 is 1.63 bits per heavy atom. The molecule has 5 amide bonds. The second-order valence-corrected chi connectivity index (χ2v) is 25.6. The molecule has 76 heavy (non-hydrogen) atoms. The number of piperidine rings is 1. The number of aliphatic hydroxyl groups is 1. The second-order valence-electron chi connectivity index (χ2n) is 23.7. The lowest BCUT2D eigenvalue weighted by atomic mass is 9.79. The number of anilines is 2. The molecule has 0 bridgehead atoms. The number of thiazole rings is 1. The Balaban J connectivity index is 0.656. The summed E-state index contributed by atoms with van der Waals surface area (Å²) in [5, 5.41) is 20.7. The van der Waals surface area contributed by atoms with Gasteiger partial charge in [0.05, 0.1) is 52.5 Å². The van der Waals surface area contributed by atoms with Crippen LogP contribution in [0, 0.1) is 29.6 Å². The SMILES string of the molecule is Cc1ncsc1-c1ccc([C@H](C)NC(=O)[C@@H]2C[C@@H](O)CN2C(=O)[C@@H](NC(=O)[C@@H]2C[C@H]2C(=O)N2CCC3(CN(CCCCCCC(=O)Nc4cccc(Sc5cnc(N6CCC(C)(N)CC6)cn5)c4)C3)C2)C(C)(C)C)cc1. The molecule has 6 N–H and O–H groups in total. The molecule has 6 heterocycles. The van der Waals surface area contributed by atoms with E-state index in [2.05, 4.69) is 47.6 Å². The monoisotopic (exact) mass is 1080 g/mol. The standard InChI is InChI=1S/C57H77N11O6S2/c1-36(38-15-17-39(18-16-38)49-37(2)61-35-75-49)62-52(72)45-27-41(69)31-68(45)54(74)50(55(3,4)5)64-51(71)43-28-44(43)53(73)67-25-21-57(34-67)32-65(33-57)22-10-8-7-9-14-47(70)63-40-12-11-13-42(26-40)76-48-30-59-46(29-60-48)66-23-19-56(6,58)20-24-66/h11-13,15-18,26,29-30,35-36,41,43-45,50,69H,7-10,14,19-25,27-28,31-34,58H2,1-6H3,(H,62,72)(H,63,70)(H,64,71)/t36-,41+,43+,44+,45-,50+/m0/s1. The summed E-state index contributed by atoms with van der Waals surface area (Å²) in [4.78, 5) is 92.3. The van der Waals surface area contributed by atoms with Crippen molar-refractivity contribution in [2.24, 2.45) is 28.4 Å². The lowest BCUT2D eigenvalue weighted by Crippen LogP contribution is -2.58. The van der Waals surface area contributed by atoms with Gasteiger partial charge in [-0.25, -0.2) is 15.0 Å². The number of hydrogen-bond donors (Lipinski definition) is 5. The Bertz CT molecular complexity index is 2710. The minimum Gasteiger partial charge on any atom is -0.391 e. The Morgan fingerprint density at radius 1 is 0.882 bits per heavy atom. The van der Waals surface area contributed by atoms with Gasteiger partial charge in [-0.05, 0) is 101 Å². The first-order chi connectivity index (χ1) is 36.2. The zero-order valence-electron chi connectivity index (χ0n) is 45.1. The van der Waals surface area contributed by atoms with E-state index in [-0.39, 0.29) is 53.6 Å². The number of aromatic nitrogens is 3. The van der Waals surface area contributed by atoms with Crippen LogP contribution in [0.25, 0.3) is 10.4 Å². The normalized spacial score (nSPS) is 22.7. The third-order valence-electron chi connectivity index (χ3n) is 16.2. The van der Waals surface area contributed by atoms with Crippen LogP contribution in [0.5, 0.6) is 0 Å². The van der Waals surface area contributed by atoms with Crippen LogP contribution < -0.4 is 26.6 Å². The van der Waals surface area contributed by atoms with Crippen molar-refractivity contribution in [2.75, 3.05) is 62.6 Å². The molecule has 1 spiro atoms. The van der Waals surface area contributed by atoms with Gasteiger partial charge in [-0.15, -0.1) is 11.3 Å². The summed E-state index contributed by atoms with van der Waals surface area (Å²) in [6.07, 6.45) is 10.4. The van der Waals surface area contributed by atoms with Gasteiger partial charge in [0.1, 0.15) is 22.9 Å². The number of β-amino-alcohol motifs (C(OH)–C–C–N with tert-alkyl or cyclic N) is 1. The minimum atomic E-state index is -0.965. The van der Waals surface area contributed by atoms with E-state index in [0.717, 1.165) is 121 Å². The summed E-state index contributed by atoms with van der Waals surface area (Å²) in [6.45, 7) is 17.6. The van der Waals surface area contributed by atoms with Crippen molar-refractivity contribution >= 4 is 64.1 Å². The van der Waals surface area contributed by atoms with Crippen LogP contribution >= 0.6 is 23.1 Å². The molecular formula is C57H77N11O6S2. The number of amides is 5. The van der Waals surface area contributed by atoms with Crippen LogP contribution in [0.2, 0.25) is 0 Å². The van der Waals surface area contributed by atoms with Gasteiger partial charge in [0, 0.05) is 80.2 Å². The van der Waals surface area contributed by atoms with Gasteiger partial charge in [-0.3, -0.25) is 24.0 Å². The lowest BCUT2D eigenvalue weighted by molar-refractivity contribution is -0.144. The molecule has 9 rings (SSSR count). The summed E-state index contributed by atoms with van der Waals surface area (Å²) in [5.74, 6) is -1.16. The maximum absolute atomic E-state index is 14.3. The van der Waals surface area contributed by atoms with Crippen LogP contribution in [-0.2, 0) is 24.0 Å². The topological polar surface area (TPSA) is 219 Å². The van der Waals surface area contributed by atoms with Crippen LogP contribution in [0.4, 0.5) is 11.5 Å². The molecule has 0 radical (unpaired) electrons. The van der Waals surface area contributed by atoms with E-state index in [1.165, 1.54) is 16.7 Å². The molecule has 19 heteroatoms. The molecule has 408 valence electrons. The highest BCUT2D eigenvalue weighted by molar-refractivity contribution is 7.99. The average Bonchev–Trinajstić information content (AvgIpc) is 3.64. The van der Waals surface area contributed by atoms with Crippen molar-refractivity contribution in [3.05, 3.63) is 77.7 Å². The summed E-state index contributed by atoms with van der Waals surface area (Å²) >= 11 is 3.09. The van der Waals surface area contributed by atoms with Crippen LogP contribution in [0.1, 0.15) is 116 Å². The highest BCUT2D eigenvalue weighted by atomic mass is 32.2. The van der Waals surface area contributed by atoms with E-state index in [0.29, 0.717) is 25.9 Å². The number of nitrogens with one attached hydrogen (secondary N) is 3. The molecule has 1 aliphatic carbocycles. The van der Waals surface area contributed by atoms with Gasteiger partial charge in [0.2, 0.25) is 29.5 Å². The van der Waals surface area contributed by atoms with Gasteiger partial charge >= 0.3 is 0 Å². The van der Waals surface area contributed by atoms with Crippen LogP contribution in [0.15, 0.2) is 76.4 Å². The van der Waals surface area contributed by atoms with Crippen molar-refractivity contribution in [3.8, 4) is 10.4 Å². The van der Waals surface area contributed by atoms with E-state index in [1.807, 2.05) is 99.8 Å². The largest absolute Gasteiger partial charge is 0.391 e. The zero-order valence-corrected chi connectivity index (χ0v) is 46.7. The Labute approximate surface area is 455 Å². The lowest BCUT2D eigenvalue weighted by Gasteiger charge is -2.48. The number of nitrogens with zero attached hydrogens (tertiary/aromatic N) is 7. The second kappa shape index (κ2) is 23.2. The molecule has 5 aliphatic rings. The smallest absolute Gasteiger partial charge is 0.246 e. The quantitative estimate of drug-likeness (QED) is 0.0611. The Morgan fingerprint density at radius 3 is 2.33 bits per heavy atom. The predicted octanol–water partition coefficient (Wildman–Crippen LogP) is 6.81. The number of nitrogens with two attached hydrogens (primary N) is 1. The van der Waals surface area contributed by atoms with Crippen molar-refractivity contribution in [1.29, 1.82) is 0 Å². The summed E-state index contributed by atoms with van der Waals surface area (Å²) in [5.41, 5.74) is 11.1. The number of unbranched alkanes of at least 4 members (excludes halogenated alkanes) is 3. The van der Waals surface area contributed by atoms with Gasteiger partial charge in [-0.2, -0.15) is 0 Å². The molecule has 5 fully saturated rings. The van der Waals surface area contributed by atoms with Crippen molar-refractivity contribution in [3.63, 3.8) is 0 Å². The van der Waals surface area contributed by atoms with Crippen molar-refractivity contribution in [2.45, 2.75) is 145 Å². The third-order valence-corrected chi connectivity index (χ3v) is 18.1. The van der Waals surface area contributed by atoms with E-state index in [1.54, 1.807) is 17.5 Å². The highest BCUT2D eigenvalue weighted by Gasteiger charge is 2.55. The number of aryl methyl sites for hydroxylation is 1. The maximum atomic E-state index is 14.3. The van der Waals surface area contributed by atoms with Gasteiger partial charge in [0.25, 0.3) is 0 Å². The number of likely N-dealkylation sites (tertiary alicyclic amines) is 3. The van der Waals surface area contributed by atoms with E-state index < -0.39 is 41.3 Å². The molecule has 4 aromatic rings. The fourth-order valence-electron chi connectivity index (χ4n) is 11.4. The molecule has 4 aliphatic heterocycles. The van der Waals surface area contributed by atoms with Crippen molar-refractivity contribution in [1.82, 2.24) is 40.3 Å². The molecule has 2 aromatic carbocycles. The first kappa shape index (κ1) is 55.3. The minimum absolute atomic E-state index is 0.0104. The first-order valence-corrected chi connectivity index (χ1v) is 29.0. The predicted molar refractivity (Wildman–Crippen MR) is 296 cm³/mol. The van der Waals surface area contributed by atoms with Crippen LogP contribution in [0.3, 0.4) is 0 Å². The number of carbonyl (C=O) groups excluding carboxylic acids is 5. The maximum Gasteiger partial charge on any atom is 0.246 e. The number of benzene rings is 2. The zero-order chi connectivity index (χ0) is 53.9. The van der Waals surface area contributed by atoms with Crippen molar-refractivity contribution < 1.29 is 29.1 Å². The molecule has 1 saturated carbocycles. The van der Waals surface area contributed by atoms with Crippen LogP contribution in [-0.4, -0.2) is 140 Å². The average molecular weight is 1080 g/mol. The fraction of sp³-hybridized carbons (Fsp3) is 0.579. The van der Waals surface area contributed by atoms with E-state index in [9.17, 15) is 29.1 Å². The molecule has 17 nitrogen and oxygen atoms in total. The fourth-order valence-corrected chi connectivity index (χ4v) is 13.0. The van der Waals surface area contributed by atoms with Gasteiger partial charge < -0.3 is 46.4 Å². The van der Waals surface area contributed by atoms with Gasteiger partial charge in [-0.1, -0.05) is 75.7 Å². The van der Waals surface area contributed by atoms with Gasteiger partial charge in [0.15, 0.2) is 0 Å². The summed E-state index contributed by atoms with van der Waals surface area (Å²) in [7, 11) is 0. The summed E-state index contributed by atoms with van der Waals surface area (Å²) in [6, 6.07) is 13.6. The first-order valence-electron chi connectivity index (χ1n) is 27.3. The van der Waals surface area contributed by atoms with E-state index in [4.69, 9.17) is 5.73 Å².